The standard InChI is InChI=1S/C27H45NO6/c1-15(4-7-23(32)28-11-9-24(33)34)18-5-6-19-25-20(14-22(31)27(18,19)3)26(2)10-8-17(29)12-16(26)13-21(25)30/h15-22,25,29-31H,4-14H2,1-3H3,(H,28,32)(H,33,34)/t15-,16?,17+,18-,19+,20+,21?,22+,25?,26+,27-/m1/s1. The zero-order valence-corrected chi connectivity index (χ0v) is 21.1. The zero-order valence-electron chi connectivity index (χ0n) is 21.1. The third-order valence-electron chi connectivity index (χ3n) is 11.0. The van der Waals surface area contributed by atoms with Gasteiger partial charge in [-0.25, -0.2) is 0 Å². The van der Waals surface area contributed by atoms with Gasteiger partial charge in [-0.15, -0.1) is 0 Å². The van der Waals surface area contributed by atoms with Gasteiger partial charge in [-0.2, -0.15) is 0 Å². The molecule has 0 aromatic heterocycles. The quantitative estimate of drug-likeness (QED) is 0.382. The van der Waals surface area contributed by atoms with Crippen molar-refractivity contribution in [3.63, 3.8) is 0 Å². The summed E-state index contributed by atoms with van der Waals surface area (Å²) < 4.78 is 0. The lowest BCUT2D eigenvalue weighted by molar-refractivity contribution is -0.207. The van der Waals surface area contributed by atoms with Gasteiger partial charge in [0.1, 0.15) is 0 Å². The van der Waals surface area contributed by atoms with Crippen molar-refractivity contribution >= 4 is 11.9 Å². The van der Waals surface area contributed by atoms with Gasteiger partial charge in [-0.05, 0) is 97.7 Å². The van der Waals surface area contributed by atoms with Crippen LogP contribution in [0.2, 0.25) is 0 Å². The van der Waals surface area contributed by atoms with Crippen LogP contribution in [-0.4, -0.2) is 57.2 Å². The van der Waals surface area contributed by atoms with Crippen LogP contribution in [0.5, 0.6) is 0 Å². The highest BCUT2D eigenvalue weighted by molar-refractivity contribution is 5.76. The number of carboxylic acids is 1. The largest absolute Gasteiger partial charge is 0.481 e. The average Bonchev–Trinajstić information content (AvgIpc) is 3.12. The van der Waals surface area contributed by atoms with Crippen molar-refractivity contribution in [3.05, 3.63) is 0 Å². The second-order valence-corrected chi connectivity index (χ2v) is 12.5. The van der Waals surface area contributed by atoms with Gasteiger partial charge in [0.2, 0.25) is 5.91 Å². The number of aliphatic carboxylic acids is 1. The molecule has 0 radical (unpaired) electrons. The fraction of sp³-hybridized carbons (Fsp3) is 0.926. The van der Waals surface area contributed by atoms with Crippen LogP contribution < -0.4 is 5.32 Å². The number of carbonyl (C=O) groups is 2. The summed E-state index contributed by atoms with van der Waals surface area (Å²) in [4.78, 5) is 22.8. The van der Waals surface area contributed by atoms with Gasteiger partial charge in [0.25, 0.3) is 0 Å². The van der Waals surface area contributed by atoms with Crippen molar-refractivity contribution in [3.8, 4) is 0 Å². The van der Waals surface area contributed by atoms with Crippen LogP contribution in [0.25, 0.3) is 0 Å². The fourth-order valence-electron chi connectivity index (χ4n) is 9.09. The van der Waals surface area contributed by atoms with Crippen LogP contribution in [0.3, 0.4) is 0 Å². The minimum absolute atomic E-state index is 0.0700. The molecule has 0 heterocycles. The van der Waals surface area contributed by atoms with Crippen LogP contribution in [-0.2, 0) is 9.59 Å². The molecule has 4 rings (SSSR count). The zero-order chi connectivity index (χ0) is 24.8. The Morgan fingerprint density at radius 3 is 2.44 bits per heavy atom. The Morgan fingerprint density at radius 1 is 1.00 bits per heavy atom. The highest BCUT2D eigenvalue weighted by atomic mass is 16.4. The summed E-state index contributed by atoms with van der Waals surface area (Å²) in [5, 5.41) is 44.7. The molecule has 34 heavy (non-hydrogen) atoms. The monoisotopic (exact) mass is 479 g/mol. The third-order valence-corrected chi connectivity index (χ3v) is 11.0. The van der Waals surface area contributed by atoms with Crippen molar-refractivity contribution in [1.82, 2.24) is 5.32 Å². The number of nitrogens with one attached hydrogen (secondary N) is 1. The Morgan fingerprint density at radius 2 is 1.74 bits per heavy atom. The first-order valence-corrected chi connectivity index (χ1v) is 13.5. The number of carboxylic acid groups (broad SMARTS) is 1. The molecule has 4 fully saturated rings. The van der Waals surface area contributed by atoms with Crippen molar-refractivity contribution in [1.29, 1.82) is 0 Å². The molecule has 0 bridgehead atoms. The lowest BCUT2D eigenvalue weighted by atomic mass is 9.43. The SMILES string of the molecule is C[C@H](CCC(=O)NCCC(=O)O)[C@H]1CC[C@H]2C3C(O)CC4C[C@@H](O)CC[C@]4(C)[C@H]3C[C@H](O)[C@]12C. The van der Waals surface area contributed by atoms with E-state index in [4.69, 9.17) is 5.11 Å². The van der Waals surface area contributed by atoms with E-state index in [1.165, 1.54) is 0 Å². The van der Waals surface area contributed by atoms with Gasteiger partial charge in [0.05, 0.1) is 24.7 Å². The molecule has 0 aromatic rings. The number of aliphatic hydroxyl groups excluding tert-OH is 3. The first-order valence-electron chi connectivity index (χ1n) is 13.5. The van der Waals surface area contributed by atoms with Gasteiger partial charge in [-0.3, -0.25) is 9.59 Å². The van der Waals surface area contributed by atoms with Gasteiger partial charge in [0, 0.05) is 13.0 Å². The summed E-state index contributed by atoms with van der Waals surface area (Å²) in [5.74, 6) is 0.609. The summed E-state index contributed by atoms with van der Waals surface area (Å²) in [6.45, 7) is 6.91. The minimum Gasteiger partial charge on any atom is -0.481 e. The molecule has 4 aliphatic rings. The predicted octanol–water partition coefficient (Wildman–Crippen LogP) is 2.96. The number of hydrogen-bond acceptors (Lipinski definition) is 5. The summed E-state index contributed by atoms with van der Waals surface area (Å²) in [6.07, 6.45) is 6.00. The minimum atomic E-state index is -0.919. The van der Waals surface area contributed by atoms with Crippen LogP contribution in [0.4, 0.5) is 0 Å². The van der Waals surface area contributed by atoms with Gasteiger partial charge < -0.3 is 25.7 Å². The highest BCUT2D eigenvalue weighted by Crippen LogP contribution is 2.68. The molecule has 0 saturated heterocycles. The molecule has 4 saturated carbocycles. The molecular formula is C27H45NO6. The molecule has 0 aliphatic heterocycles. The number of hydrogen-bond donors (Lipinski definition) is 5. The number of carbonyl (C=O) groups excluding carboxylic acids is 1. The maximum absolute atomic E-state index is 12.2. The van der Waals surface area contributed by atoms with E-state index in [1.54, 1.807) is 0 Å². The molecule has 7 nitrogen and oxygen atoms in total. The average molecular weight is 480 g/mol. The fourth-order valence-corrected chi connectivity index (χ4v) is 9.09. The maximum Gasteiger partial charge on any atom is 0.305 e. The van der Waals surface area contributed by atoms with Crippen molar-refractivity contribution in [2.24, 2.45) is 46.3 Å². The van der Waals surface area contributed by atoms with Gasteiger partial charge in [0.15, 0.2) is 0 Å². The molecule has 5 N–H and O–H groups in total. The molecule has 0 spiro atoms. The molecule has 1 amide bonds. The summed E-state index contributed by atoms with van der Waals surface area (Å²) in [7, 11) is 0. The first kappa shape index (κ1) is 25.9. The van der Waals surface area contributed by atoms with Crippen molar-refractivity contribution in [2.45, 2.75) is 103 Å². The van der Waals surface area contributed by atoms with E-state index in [-0.39, 0.29) is 65.6 Å². The van der Waals surface area contributed by atoms with E-state index >= 15 is 0 Å². The topological polar surface area (TPSA) is 127 Å². The number of aliphatic hydroxyl groups is 3. The Kier molecular flexibility index (Phi) is 7.39. The Balaban J connectivity index is 1.45. The molecule has 194 valence electrons. The normalized spacial score (nSPS) is 46.6. The molecule has 11 atom stereocenters. The molecule has 0 aromatic carbocycles. The Labute approximate surface area is 203 Å². The third kappa shape index (κ3) is 4.41. The van der Waals surface area contributed by atoms with E-state index in [0.717, 1.165) is 44.9 Å². The van der Waals surface area contributed by atoms with Gasteiger partial charge in [-0.1, -0.05) is 20.8 Å². The van der Waals surface area contributed by atoms with Crippen LogP contribution in [0, 0.1) is 46.3 Å². The second-order valence-electron chi connectivity index (χ2n) is 12.5. The molecular weight excluding hydrogens is 434 g/mol. The van der Waals surface area contributed by atoms with Crippen LogP contribution in [0.15, 0.2) is 0 Å². The molecule has 4 aliphatic carbocycles. The summed E-state index contributed by atoms with van der Waals surface area (Å²) in [5.41, 5.74) is -0.193. The Bertz CT molecular complexity index is 774. The second kappa shape index (κ2) is 9.70. The first-order chi connectivity index (χ1) is 16.0. The lowest BCUT2D eigenvalue weighted by Crippen LogP contribution is -2.62. The highest BCUT2D eigenvalue weighted by Gasteiger charge is 2.65. The number of amides is 1. The maximum atomic E-state index is 12.2. The molecule has 3 unspecified atom stereocenters. The van der Waals surface area contributed by atoms with E-state index in [1.807, 2.05) is 0 Å². The number of fused-ring (bicyclic) bond motifs is 5. The van der Waals surface area contributed by atoms with E-state index in [2.05, 4.69) is 26.1 Å². The smallest absolute Gasteiger partial charge is 0.305 e. The van der Waals surface area contributed by atoms with Crippen LogP contribution in [0.1, 0.15) is 85.0 Å². The van der Waals surface area contributed by atoms with Crippen molar-refractivity contribution < 1.29 is 30.0 Å². The van der Waals surface area contributed by atoms with E-state index in [0.29, 0.717) is 24.7 Å². The van der Waals surface area contributed by atoms with Crippen molar-refractivity contribution in [2.75, 3.05) is 6.54 Å². The van der Waals surface area contributed by atoms with E-state index in [9.17, 15) is 24.9 Å². The van der Waals surface area contributed by atoms with E-state index < -0.39 is 12.1 Å². The van der Waals surface area contributed by atoms with Gasteiger partial charge >= 0.3 is 5.97 Å². The molecule has 7 heteroatoms. The predicted molar refractivity (Wildman–Crippen MR) is 128 cm³/mol. The Hall–Kier alpha value is -1.18. The van der Waals surface area contributed by atoms with Crippen LogP contribution >= 0.6 is 0 Å². The number of rotatable bonds is 7. The lowest BCUT2D eigenvalue weighted by Gasteiger charge is -2.63. The summed E-state index contributed by atoms with van der Waals surface area (Å²) >= 11 is 0. The summed E-state index contributed by atoms with van der Waals surface area (Å²) in [6, 6.07) is 0.